The van der Waals surface area contributed by atoms with E-state index < -0.39 is 5.60 Å². The first-order chi connectivity index (χ1) is 8.46. The van der Waals surface area contributed by atoms with Crippen molar-refractivity contribution in [2.24, 2.45) is 9.98 Å². The number of nitrogens with zero attached hydrogens (tertiary/aromatic N) is 2. The fourth-order valence-corrected chi connectivity index (χ4v) is 1.63. The molecule has 1 heterocycles. The summed E-state index contributed by atoms with van der Waals surface area (Å²) in [5, 5.41) is 0. The molecule has 0 fully saturated rings. The van der Waals surface area contributed by atoms with Crippen molar-refractivity contribution in [3.8, 4) is 0 Å². The van der Waals surface area contributed by atoms with Crippen LogP contribution >= 0.6 is 0 Å². The molecule has 0 saturated carbocycles. The van der Waals surface area contributed by atoms with Crippen LogP contribution in [0.15, 0.2) is 45.7 Å². The summed E-state index contributed by atoms with van der Waals surface area (Å²) >= 11 is 0. The molecule has 4 nitrogen and oxygen atoms in total. The molecule has 18 heavy (non-hydrogen) atoms. The molecule has 2 rings (SSSR count). The average Bonchev–Trinajstić information content (AvgIpc) is 2.50. The van der Waals surface area contributed by atoms with E-state index in [9.17, 15) is 4.79 Å². The van der Waals surface area contributed by atoms with Gasteiger partial charge in [0.25, 0.3) is 0 Å². The fourth-order valence-electron chi connectivity index (χ4n) is 1.63. The molecule has 4 heteroatoms. The van der Waals surface area contributed by atoms with Gasteiger partial charge in [0.1, 0.15) is 5.60 Å². The second-order valence-electron chi connectivity index (χ2n) is 5.14. The van der Waals surface area contributed by atoms with Crippen LogP contribution in [0.1, 0.15) is 27.2 Å². The summed E-state index contributed by atoms with van der Waals surface area (Å²) in [5.41, 5.74) is 1.92. The van der Waals surface area contributed by atoms with Gasteiger partial charge in [0.2, 0.25) is 0 Å². The van der Waals surface area contributed by atoms with Crippen molar-refractivity contribution in [3.05, 3.63) is 35.7 Å². The second kappa shape index (κ2) is 4.72. The Morgan fingerprint density at radius 1 is 1.28 bits per heavy atom. The van der Waals surface area contributed by atoms with Gasteiger partial charge in [-0.25, -0.2) is 4.79 Å². The van der Waals surface area contributed by atoms with Crippen LogP contribution in [0.5, 0.6) is 0 Å². The SMILES string of the molecule is CC(C)(C)OC(=O)C1=CC=C2C=NC=CN=C2C1. The van der Waals surface area contributed by atoms with Gasteiger partial charge < -0.3 is 4.74 Å². The zero-order valence-electron chi connectivity index (χ0n) is 10.8. The van der Waals surface area contributed by atoms with Crippen LogP contribution in [0.2, 0.25) is 0 Å². The lowest BCUT2D eigenvalue weighted by Crippen LogP contribution is -2.26. The Hall–Kier alpha value is -1.97. The number of hydrogen-bond donors (Lipinski definition) is 0. The lowest BCUT2D eigenvalue weighted by Gasteiger charge is -2.21. The van der Waals surface area contributed by atoms with Crippen LogP contribution in [-0.2, 0) is 9.53 Å². The minimum absolute atomic E-state index is 0.286. The fraction of sp³-hybridized carbons (Fsp3) is 0.357. The second-order valence-corrected chi connectivity index (χ2v) is 5.14. The van der Waals surface area contributed by atoms with Gasteiger partial charge in [-0.1, -0.05) is 12.2 Å². The summed E-state index contributed by atoms with van der Waals surface area (Å²) in [6, 6.07) is 0. The Kier molecular flexibility index (Phi) is 3.28. The number of hydrogen-bond acceptors (Lipinski definition) is 4. The molecule has 0 unspecified atom stereocenters. The van der Waals surface area contributed by atoms with Crippen molar-refractivity contribution in [1.29, 1.82) is 0 Å². The first kappa shape index (κ1) is 12.5. The molecule has 1 aliphatic heterocycles. The maximum atomic E-state index is 11.9. The highest BCUT2D eigenvalue weighted by Gasteiger charge is 2.23. The van der Waals surface area contributed by atoms with Crippen LogP contribution < -0.4 is 0 Å². The zero-order chi connectivity index (χ0) is 13.2. The van der Waals surface area contributed by atoms with Crippen LogP contribution in [0, 0.1) is 0 Å². The number of allylic oxidation sites excluding steroid dienone is 3. The molecular weight excluding hydrogens is 228 g/mol. The van der Waals surface area contributed by atoms with Gasteiger partial charge >= 0.3 is 5.97 Å². The monoisotopic (exact) mass is 244 g/mol. The van der Waals surface area contributed by atoms with Crippen molar-refractivity contribution in [1.82, 2.24) is 0 Å². The van der Waals surface area contributed by atoms with E-state index in [1.54, 1.807) is 24.7 Å². The molecule has 1 aliphatic carbocycles. The third-order valence-corrected chi connectivity index (χ3v) is 2.41. The summed E-state index contributed by atoms with van der Waals surface area (Å²) in [6.07, 6.45) is 9.10. The smallest absolute Gasteiger partial charge is 0.334 e. The quantitative estimate of drug-likeness (QED) is 0.666. The van der Waals surface area contributed by atoms with Gasteiger partial charge in [0, 0.05) is 36.2 Å². The van der Waals surface area contributed by atoms with Crippen molar-refractivity contribution in [2.45, 2.75) is 32.8 Å². The number of fused-ring (bicyclic) bond motifs is 1. The molecule has 0 aromatic carbocycles. The molecule has 94 valence electrons. The van der Waals surface area contributed by atoms with E-state index in [0.717, 1.165) is 11.3 Å². The minimum Gasteiger partial charge on any atom is -0.457 e. The number of rotatable bonds is 1. The Bertz CT molecular complexity index is 514. The van der Waals surface area contributed by atoms with Gasteiger partial charge in [-0.3, -0.25) is 9.98 Å². The summed E-state index contributed by atoms with van der Waals surface area (Å²) < 4.78 is 5.35. The van der Waals surface area contributed by atoms with Gasteiger partial charge in [0.05, 0.1) is 5.71 Å². The van der Waals surface area contributed by atoms with E-state index in [4.69, 9.17) is 4.74 Å². The highest BCUT2D eigenvalue weighted by atomic mass is 16.6. The molecule has 0 spiro atoms. The Morgan fingerprint density at radius 2 is 2.06 bits per heavy atom. The van der Waals surface area contributed by atoms with E-state index in [2.05, 4.69) is 9.98 Å². The van der Waals surface area contributed by atoms with Crippen molar-refractivity contribution in [2.75, 3.05) is 0 Å². The van der Waals surface area contributed by atoms with Gasteiger partial charge in [0.15, 0.2) is 0 Å². The highest BCUT2D eigenvalue weighted by molar-refractivity contribution is 6.20. The Morgan fingerprint density at radius 3 is 2.78 bits per heavy atom. The Balaban J connectivity index is 2.19. The third-order valence-electron chi connectivity index (χ3n) is 2.41. The summed E-state index contributed by atoms with van der Waals surface area (Å²) in [6.45, 7) is 5.57. The lowest BCUT2D eigenvalue weighted by atomic mass is 9.96. The first-order valence-electron chi connectivity index (χ1n) is 5.85. The van der Waals surface area contributed by atoms with Gasteiger partial charge in [-0.15, -0.1) is 0 Å². The molecule has 0 radical (unpaired) electrons. The van der Waals surface area contributed by atoms with Gasteiger partial charge in [-0.05, 0) is 20.8 Å². The number of ether oxygens (including phenoxy) is 1. The standard InChI is InChI=1S/C14H16N2O2/c1-14(2,3)18-13(17)10-4-5-11-9-15-6-7-16-12(11)8-10/h4-7,9H,8H2,1-3H3. The van der Waals surface area contributed by atoms with Crippen molar-refractivity contribution >= 4 is 17.9 Å². The maximum absolute atomic E-state index is 11.9. The predicted molar refractivity (Wildman–Crippen MR) is 71.7 cm³/mol. The van der Waals surface area contributed by atoms with Crippen LogP contribution in [-0.4, -0.2) is 23.5 Å². The van der Waals surface area contributed by atoms with Crippen molar-refractivity contribution < 1.29 is 9.53 Å². The molecule has 0 amide bonds. The summed E-state index contributed by atoms with van der Waals surface area (Å²) in [7, 11) is 0. The largest absolute Gasteiger partial charge is 0.457 e. The van der Waals surface area contributed by atoms with Crippen molar-refractivity contribution in [3.63, 3.8) is 0 Å². The van der Waals surface area contributed by atoms with E-state index in [0.29, 0.717) is 12.0 Å². The topological polar surface area (TPSA) is 51.0 Å². The zero-order valence-corrected chi connectivity index (χ0v) is 10.8. The maximum Gasteiger partial charge on any atom is 0.334 e. The van der Waals surface area contributed by atoms with Crippen LogP contribution in [0.4, 0.5) is 0 Å². The Labute approximate surface area is 106 Å². The normalized spacial score (nSPS) is 18.3. The van der Waals surface area contributed by atoms with Crippen LogP contribution in [0.25, 0.3) is 0 Å². The number of aliphatic imine (C=N–C) groups is 2. The number of carbonyl (C=O) groups is 1. The predicted octanol–water partition coefficient (Wildman–Crippen LogP) is 2.58. The number of carbonyl (C=O) groups excluding carboxylic acids is 1. The van der Waals surface area contributed by atoms with Gasteiger partial charge in [-0.2, -0.15) is 0 Å². The third kappa shape index (κ3) is 3.03. The number of esters is 1. The first-order valence-corrected chi connectivity index (χ1v) is 5.85. The lowest BCUT2D eigenvalue weighted by molar-refractivity contribution is -0.149. The minimum atomic E-state index is -0.478. The molecular formula is C14H16N2O2. The molecule has 0 aromatic rings. The van der Waals surface area contributed by atoms with E-state index in [-0.39, 0.29) is 5.97 Å². The summed E-state index contributed by atoms with van der Waals surface area (Å²) in [5.74, 6) is -0.286. The molecule has 0 bridgehead atoms. The molecule has 0 atom stereocenters. The summed E-state index contributed by atoms with van der Waals surface area (Å²) in [4.78, 5) is 20.3. The highest BCUT2D eigenvalue weighted by Crippen LogP contribution is 2.20. The van der Waals surface area contributed by atoms with E-state index >= 15 is 0 Å². The molecule has 0 aromatic heterocycles. The molecule has 0 saturated heterocycles. The average molecular weight is 244 g/mol. The molecule has 0 N–H and O–H groups in total. The van der Waals surface area contributed by atoms with E-state index in [1.807, 2.05) is 26.8 Å². The van der Waals surface area contributed by atoms with E-state index in [1.165, 1.54) is 0 Å². The molecule has 2 aliphatic rings. The van der Waals surface area contributed by atoms with Crippen LogP contribution in [0.3, 0.4) is 0 Å².